The first-order valence-electron chi connectivity index (χ1n) is 11.1. The smallest absolute Gasteiger partial charge is 0.335 e. The molecule has 5 fully saturated rings. The average molecular weight is 442 g/mol. The molecule has 9 atom stereocenters. The number of benzene rings is 1. The van der Waals surface area contributed by atoms with Gasteiger partial charge in [0.1, 0.15) is 0 Å². The molecule has 1 aliphatic carbocycles. The van der Waals surface area contributed by atoms with E-state index in [1.54, 1.807) is 25.1 Å². The van der Waals surface area contributed by atoms with Gasteiger partial charge in [0.2, 0.25) is 5.79 Å². The molecular weight excluding hydrogens is 413 g/mol. The molecule has 1 aromatic rings. The van der Waals surface area contributed by atoms with Crippen LogP contribution in [-0.2, 0) is 24.0 Å². The Bertz CT molecular complexity index is 804. The van der Waals surface area contributed by atoms with E-state index in [1.807, 2.05) is 6.92 Å². The second-order valence-corrected chi connectivity index (χ2v) is 9.74. The summed E-state index contributed by atoms with van der Waals surface area (Å²) < 4.78 is 59.9. The molecular formula is C23H29F3O5. The third-order valence-electron chi connectivity index (χ3n) is 7.77. The van der Waals surface area contributed by atoms with Crippen LogP contribution in [-0.4, -0.2) is 30.1 Å². The van der Waals surface area contributed by atoms with Gasteiger partial charge in [-0.25, -0.2) is 9.78 Å². The summed E-state index contributed by atoms with van der Waals surface area (Å²) in [4.78, 5) is 11.8. The van der Waals surface area contributed by atoms with Gasteiger partial charge in [-0.3, -0.25) is 0 Å². The van der Waals surface area contributed by atoms with Crippen molar-refractivity contribution in [1.82, 2.24) is 0 Å². The first-order valence-corrected chi connectivity index (χ1v) is 11.1. The Morgan fingerprint density at radius 1 is 1.03 bits per heavy atom. The summed E-state index contributed by atoms with van der Waals surface area (Å²) in [6.07, 6.45) is -5.29. The molecule has 0 radical (unpaired) electrons. The van der Waals surface area contributed by atoms with Gasteiger partial charge in [-0.2, -0.15) is 13.2 Å². The van der Waals surface area contributed by atoms with Gasteiger partial charge in [0.25, 0.3) is 0 Å². The number of hydrogen-bond donors (Lipinski definition) is 0. The van der Waals surface area contributed by atoms with Gasteiger partial charge in [0.05, 0.1) is 0 Å². The zero-order valence-corrected chi connectivity index (χ0v) is 17.9. The topological polar surface area (TPSA) is 46.2 Å². The number of hydrogen-bond acceptors (Lipinski definition) is 5. The molecule has 5 aliphatic rings. The molecule has 172 valence electrons. The van der Waals surface area contributed by atoms with Crippen molar-refractivity contribution in [2.24, 2.45) is 23.7 Å². The Hall–Kier alpha value is -1.19. The van der Waals surface area contributed by atoms with Gasteiger partial charge in [-0.1, -0.05) is 44.2 Å². The number of rotatable bonds is 3. The molecule has 1 saturated carbocycles. The highest BCUT2D eigenvalue weighted by molar-refractivity contribution is 5.19. The summed E-state index contributed by atoms with van der Waals surface area (Å²) in [5.74, 6) is -0.867. The molecule has 31 heavy (non-hydrogen) atoms. The van der Waals surface area contributed by atoms with Crippen molar-refractivity contribution < 1.29 is 37.2 Å². The Kier molecular flexibility index (Phi) is 5.18. The molecule has 1 spiro atoms. The molecule has 0 aromatic heterocycles. The van der Waals surface area contributed by atoms with Crippen molar-refractivity contribution in [3.05, 3.63) is 35.9 Å². The minimum absolute atomic E-state index is 0.0519. The molecule has 0 N–H and O–H groups in total. The van der Waals surface area contributed by atoms with E-state index in [-0.39, 0.29) is 23.3 Å². The van der Waals surface area contributed by atoms with E-state index in [4.69, 9.17) is 24.0 Å². The molecule has 4 saturated heterocycles. The first kappa shape index (κ1) is 21.6. The van der Waals surface area contributed by atoms with Gasteiger partial charge in [-0.15, -0.1) is 0 Å². The number of ether oxygens (including phenoxy) is 3. The second kappa shape index (κ2) is 7.42. The van der Waals surface area contributed by atoms with Gasteiger partial charge in [-0.05, 0) is 43.6 Å². The summed E-state index contributed by atoms with van der Waals surface area (Å²) in [5.41, 5.74) is -0.774. The SMILES string of the molecule is C[C@H]1[C@@H](OC(c2ccccc2)C(F)(F)F)O[C@@H]2O[C@@]3(C)CC[C@H]4[C@H](C)CC[C@@H]1[C@@]24OO3. The van der Waals surface area contributed by atoms with E-state index in [0.29, 0.717) is 12.3 Å². The number of alkyl halides is 3. The summed E-state index contributed by atoms with van der Waals surface area (Å²) >= 11 is 0. The van der Waals surface area contributed by atoms with Crippen LogP contribution in [0.3, 0.4) is 0 Å². The van der Waals surface area contributed by atoms with Crippen molar-refractivity contribution >= 4 is 0 Å². The van der Waals surface area contributed by atoms with Crippen LogP contribution >= 0.6 is 0 Å². The minimum Gasteiger partial charge on any atom is -0.335 e. The van der Waals surface area contributed by atoms with Crippen molar-refractivity contribution in [2.75, 3.05) is 0 Å². The van der Waals surface area contributed by atoms with Crippen LogP contribution in [0.2, 0.25) is 0 Å². The normalized spacial score (nSPS) is 45.6. The van der Waals surface area contributed by atoms with Gasteiger partial charge >= 0.3 is 6.18 Å². The highest BCUT2D eigenvalue weighted by Crippen LogP contribution is 2.61. The molecule has 2 bridgehead atoms. The van der Waals surface area contributed by atoms with Crippen LogP contribution in [0.5, 0.6) is 0 Å². The predicted octanol–water partition coefficient (Wildman–Crippen LogP) is 5.51. The fraction of sp³-hybridized carbons (Fsp3) is 0.739. The molecule has 1 unspecified atom stereocenters. The van der Waals surface area contributed by atoms with E-state index in [0.717, 1.165) is 19.3 Å². The van der Waals surface area contributed by atoms with Gasteiger partial charge in [0.15, 0.2) is 24.3 Å². The predicted molar refractivity (Wildman–Crippen MR) is 103 cm³/mol. The fourth-order valence-corrected chi connectivity index (χ4v) is 6.13. The Balaban J connectivity index is 1.48. The van der Waals surface area contributed by atoms with E-state index < -0.39 is 36.2 Å². The third kappa shape index (κ3) is 3.42. The van der Waals surface area contributed by atoms with Crippen LogP contribution in [0.15, 0.2) is 30.3 Å². The zero-order chi connectivity index (χ0) is 22.0. The van der Waals surface area contributed by atoms with E-state index in [2.05, 4.69) is 6.92 Å². The quantitative estimate of drug-likeness (QED) is 0.578. The van der Waals surface area contributed by atoms with Crippen LogP contribution in [0.25, 0.3) is 0 Å². The highest BCUT2D eigenvalue weighted by atomic mass is 19.4. The molecule has 4 heterocycles. The monoisotopic (exact) mass is 442 g/mol. The lowest BCUT2D eigenvalue weighted by atomic mass is 9.58. The Labute approximate surface area is 180 Å². The maximum absolute atomic E-state index is 13.9. The lowest BCUT2D eigenvalue weighted by Crippen LogP contribution is -2.70. The molecule has 1 aromatic carbocycles. The number of halogens is 3. The second-order valence-electron chi connectivity index (χ2n) is 9.74. The molecule has 4 aliphatic heterocycles. The van der Waals surface area contributed by atoms with Crippen LogP contribution in [0.1, 0.15) is 58.1 Å². The van der Waals surface area contributed by atoms with Gasteiger partial charge < -0.3 is 14.2 Å². The van der Waals surface area contributed by atoms with Crippen molar-refractivity contribution in [2.45, 2.75) is 82.7 Å². The maximum Gasteiger partial charge on any atom is 0.418 e. The largest absolute Gasteiger partial charge is 0.418 e. The van der Waals surface area contributed by atoms with Crippen molar-refractivity contribution in [1.29, 1.82) is 0 Å². The summed E-state index contributed by atoms with van der Waals surface area (Å²) in [6, 6.07) is 7.67. The Morgan fingerprint density at radius 2 is 1.77 bits per heavy atom. The summed E-state index contributed by atoms with van der Waals surface area (Å²) in [7, 11) is 0. The first-order chi connectivity index (χ1) is 14.6. The molecule has 6 rings (SSSR count). The Morgan fingerprint density at radius 3 is 2.48 bits per heavy atom. The maximum atomic E-state index is 13.9. The molecule has 5 nitrogen and oxygen atoms in total. The summed E-state index contributed by atoms with van der Waals surface area (Å²) in [5, 5.41) is 0. The lowest BCUT2D eigenvalue weighted by molar-refractivity contribution is -0.579. The van der Waals surface area contributed by atoms with Crippen LogP contribution in [0.4, 0.5) is 13.2 Å². The number of fused-ring (bicyclic) bond motifs is 2. The van der Waals surface area contributed by atoms with E-state index in [1.165, 1.54) is 12.1 Å². The third-order valence-corrected chi connectivity index (χ3v) is 7.77. The summed E-state index contributed by atoms with van der Waals surface area (Å²) in [6.45, 7) is 5.86. The van der Waals surface area contributed by atoms with Crippen LogP contribution < -0.4 is 0 Å². The van der Waals surface area contributed by atoms with Crippen LogP contribution in [0, 0.1) is 23.7 Å². The minimum atomic E-state index is -4.57. The highest BCUT2D eigenvalue weighted by Gasteiger charge is 2.69. The standard InChI is InChI=1S/C23H29F3O5/c1-13-9-10-17-14(2)19(27-18(23(24,25)26)15-7-5-4-6-8-15)28-20-22(17)16(13)11-12-21(3,29-20)30-31-22/h4-8,13-14,16-20H,9-12H2,1-3H3/t13-,14-,16+,17+,18?,19+,20-,21-,22-/m1/s1. The zero-order valence-electron chi connectivity index (χ0n) is 17.9. The van der Waals surface area contributed by atoms with Gasteiger partial charge in [0, 0.05) is 18.3 Å². The molecule has 0 amide bonds. The average Bonchev–Trinajstić information content (AvgIpc) is 2.95. The lowest BCUT2D eigenvalue weighted by Gasteiger charge is -2.60. The van der Waals surface area contributed by atoms with Crippen molar-refractivity contribution in [3.8, 4) is 0 Å². The fourth-order valence-electron chi connectivity index (χ4n) is 6.13. The van der Waals surface area contributed by atoms with Crippen molar-refractivity contribution in [3.63, 3.8) is 0 Å². The van der Waals surface area contributed by atoms with E-state index in [9.17, 15) is 13.2 Å². The van der Waals surface area contributed by atoms with E-state index >= 15 is 0 Å². The molecule has 8 heteroatoms.